The van der Waals surface area contributed by atoms with Crippen LogP contribution in [-0.2, 0) is 6.42 Å². The van der Waals surface area contributed by atoms with Crippen LogP contribution >= 0.6 is 0 Å². The van der Waals surface area contributed by atoms with Crippen molar-refractivity contribution in [2.24, 2.45) is 0 Å². The second-order valence-electron chi connectivity index (χ2n) is 8.78. The summed E-state index contributed by atoms with van der Waals surface area (Å²) in [4.78, 5) is 12.1. The van der Waals surface area contributed by atoms with Crippen molar-refractivity contribution in [3.05, 3.63) is 119 Å². The maximum atomic E-state index is 12.1. The molecule has 170 valence electrons. The number of aryl methyl sites for hydroxylation is 1. The molecule has 0 spiro atoms. The van der Waals surface area contributed by atoms with Crippen molar-refractivity contribution in [2.75, 3.05) is 7.11 Å². The van der Waals surface area contributed by atoms with Crippen LogP contribution in [0.2, 0.25) is 0 Å². The zero-order valence-electron chi connectivity index (χ0n) is 19.5. The molecule has 0 aliphatic heterocycles. The molecule has 0 fully saturated rings. The van der Waals surface area contributed by atoms with Crippen LogP contribution < -0.4 is 10.4 Å². The third-order valence-corrected chi connectivity index (χ3v) is 6.74. The summed E-state index contributed by atoms with van der Waals surface area (Å²) in [5.74, 6) is 0.665. The second kappa shape index (κ2) is 8.77. The number of rotatable bonds is 5. The Morgan fingerprint density at radius 2 is 1.49 bits per heavy atom. The average molecular weight is 457 g/mol. The number of hydrogen-bond acceptors (Lipinski definition) is 3. The van der Waals surface area contributed by atoms with Crippen molar-refractivity contribution in [3.63, 3.8) is 0 Å². The van der Waals surface area contributed by atoms with Gasteiger partial charge in [-0.05, 0) is 68.4 Å². The Bertz CT molecular complexity index is 1810. The van der Waals surface area contributed by atoms with E-state index >= 15 is 0 Å². The standard InChI is InChI=1S/C32H24O3/c1-34-24-14-16-27-23(19-32(33)35-31(27)20-24)9-3-2-7-21-10-6-12-28-26(21)17-18-29-25-11-5-4-8-22(25)13-15-30(28)29/h3-6,8-20H,2,7H2,1H3/b9-3-. The SMILES string of the molecule is COc1ccc2c(/C=C\CCc3cccc4c3ccc3c5ccccc5ccc43)cc(=O)oc2c1. The van der Waals surface area contributed by atoms with Gasteiger partial charge in [-0.3, -0.25) is 0 Å². The minimum Gasteiger partial charge on any atom is -0.497 e. The molecule has 0 saturated carbocycles. The van der Waals surface area contributed by atoms with Crippen molar-refractivity contribution >= 4 is 49.4 Å². The molecule has 0 amide bonds. The van der Waals surface area contributed by atoms with E-state index in [0.717, 1.165) is 23.8 Å². The molecule has 0 atom stereocenters. The summed E-state index contributed by atoms with van der Waals surface area (Å²) in [7, 11) is 1.60. The van der Waals surface area contributed by atoms with Crippen LogP contribution in [0.1, 0.15) is 17.5 Å². The lowest BCUT2D eigenvalue weighted by molar-refractivity contribution is 0.414. The number of allylic oxidation sites excluding steroid dienone is 1. The van der Waals surface area contributed by atoms with Crippen molar-refractivity contribution in [1.29, 1.82) is 0 Å². The molecule has 1 heterocycles. The first-order valence-corrected chi connectivity index (χ1v) is 11.8. The van der Waals surface area contributed by atoms with Gasteiger partial charge in [-0.2, -0.15) is 0 Å². The van der Waals surface area contributed by atoms with Crippen LogP contribution in [0.3, 0.4) is 0 Å². The lowest BCUT2D eigenvalue weighted by Crippen LogP contribution is -1.98. The van der Waals surface area contributed by atoms with E-state index in [1.807, 2.05) is 18.2 Å². The van der Waals surface area contributed by atoms with E-state index in [2.05, 4.69) is 72.8 Å². The van der Waals surface area contributed by atoms with Crippen LogP contribution in [0.4, 0.5) is 0 Å². The van der Waals surface area contributed by atoms with Gasteiger partial charge in [-0.25, -0.2) is 4.79 Å². The van der Waals surface area contributed by atoms with Gasteiger partial charge < -0.3 is 9.15 Å². The van der Waals surface area contributed by atoms with Crippen LogP contribution in [0, 0.1) is 0 Å². The van der Waals surface area contributed by atoms with Crippen molar-refractivity contribution in [3.8, 4) is 5.75 Å². The normalized spacial score (nSPS) is 11.8. The monoisotopic (exact) mass is 456 g/mol. The third-order valence-electron chi connectivity index (χ3n) is 6.74. The zero-order valence-corrected chi connectivity index (χ0v) is 19.5. The Balaban J connectivity index is 1.31. The van der Waals surface area contributed by atoms with Gasteiger partial charge in [-0.15, -0.1) is 0 Å². The molecule has 35 heavy (non-hydrogen) atoms. The Hall–Kier alpha value is -4.37. The fourth-order valence-electron chi connectivity index (χ4n) is 5.02. The molecule has 0 bridgehead atoms. The van der Waals surface area contributed by atoms with E-state index in [1.165, 1.54) is 37.9 Å². The van der Waals surface area contributed by atoms with Gasteiger partial charge in [0.25, 0.3) is 0 Å². The van der Waals surface area contributed by atoms with Gasteiger partial charge in [0, 0.05) is 17.5 Å². The summed E-state index contributed by atoms with van der Waals surface area (Å²) in [6.45, 7) is 0. The van der Waals surface area contributed by atoms with Crippen molar-refractivity contribution in [2.45, 2.75) is 12.8 Å². The molecule has 0 aliphatic carbocycles. The summed E-state index contributed by atoms with van der Waals surface area (Å²) < 4.78 is 10.6. The molecule has 0 aliphatic rings. The molecule has 6 rings (SSSR count). The molecule has 0 saturated heterocycles. The number of methoxy groups -OCH3 is 1. The number of ether oxygens (including phenoxy) is 1. The first-order valence-electron chi connectivity index (χ1n) is 11.8. The molecule has 1 aromatic heterocycles. The Kier molecular flexibility index (Phi) is 5.31. The maximum Gasteiger partial charge on any atom is 0.336 e. The van der Waals surface area contributed by atoms with Crippen molar-refractivity contribution < 1.29 is 9.15 Å². The van der Waals surface area contributed by atoms with E-state index in [0.29, 0.717) is 11.3 Å². The predicted octanol–water partition coefficient (Wildman–Crippen LogP) is 7.91. The van der Waals surface area contributed by atoms with E-state index < -0.39 is 0 Å². The molecule has 3 nitrogen and oxygen atoms in total. The molecule has 5 aromatic carbocycles. The van der Waals surface area contributed by atoms with E-state index in [4.69, 9.17) is 9.15 Å². The summed E-state index contributed by atoms with van der Waals surface area (Å²) in [5.41, 5.74) is 2.35. The van der Waals surface area contributed by atoms with Crippen LogP contribution in [0.25, 0.3) is 49.4 Å². The van der Waals surface area contributed by atoms with E-state index in [9.17, 15) is 4.79 Å². The minimum atomic E-state index is -0.362. The molecule has 0 N–H and O–H groups in total. The quantitative estimate of drug-likeness (QED) is 0.195. The number of hydrogen-bond donors (Lipinski definition) is 0. The third kappa shape index (κ3) is 3.85. The molecular formula is C32H24O3. The second-order valence-corrected chi connectivity index (χ2v) is 8.78. The lowest BCUT2D eigenvalue weighted by Gasteiger charge is -2.10. The highest BCUT2D eigenvalue weighted by atomic mass is 16.5. The molecular weight excluding hydrogens is 432 g/mol. The highest BCUT2D eigenvalue weighted by Gasteiger charge is 2.08. The highest BCUT2D eigenvalue weighted by Crippen LogP contribution is 2.33. The van der Waals surface area contributed by atoms with Gasteiger partial charge in [0.05, 0.1) is 7.11 Å². The fraction of sp³-hybridized carbons (Fsp3) is 0.0938. The predicted molar refractivity (Wildman–Crippen MR) is 145 cm³/mol. The number of fused-ring (bicyclic) bond motifs is 6. The summed E-state index contributed by atoms with van der Waals surface area (Å²) in [6, 6.07) is 31.2. The largest absolute Gasteiger partial charge is 0.497 e. The summed E-state index contributed by atoms with van der Waals surface area (Å²) >= 11 is 0. The van der Waals surface area contributed by atoms with Gasteiger partial charge >= 0.3 is 5.63 Å². The zero-order chi connectivity index (χ0) is 23.8. The Labute approximate surface area is 202 Å². The fourth-order valence-corrected chi connectivity index (χ4v) is 5.02. The van der Waals surface area contributed by atoms with Crippen LogP contribution in [-0.4, -0.2) is 7.11 Å². The van der Waals surface area contributed by atoms with E-state index in [-0.39, 0.29) is 5.63 Å². The topological polar surface area (TPSA) is 39.4 Å². The van der Waals surface area contributed by atoms with E-state index in [1.54, 1.807) is 19.2 Å². The maximum absolute atomic E-state index is 12.1. The first-order chi connectivity index (χ1) is 17.2. The average Bonchev–Trinajstić information content (AvgIpc) is 2.90. The van der Waals surface area contributed by atoms with Gasteiger partial charge in [-0.1, -0.05) is 78.9 Å². The molecule has 6 aromatic rings. The van der Waals surface area contributed by atoms with Crippen LogP contribution in [0.5, 0.6) is 5.75 Å². The molecule has 0 radical (unpaired) electrons. The first kappa shape index (κ1) is 21.2. The van der Waals surface area contributed by atoms with Crippen molar-refractivity contribution in [1.82, 2.24) is 0 Å². The molecule has 0 unspecified atom stereocenters. The number of benzene rings is 5. The Morgan fingerprint density at radius 1 is 0.743 bits per heavy atom. The highest BCUT2D eigenvalue weighted by molar-refractivity contribution is 6.17. The Morgan fingerprint density at radius 3 is 2.40 bits per heavy atom. The minimum absolute atomic E-state index is 0.362. The summed E-state index contributed by atoms with van der Waals surface area (Å²) in [6.07, 6.45) is 5.93. The molecule has 3 heteroatoms. The van der Waals surface area contributed by atoms with Gasteiger partial charge in [0.2, 0.25) is 0 Å². The lowest BCUT2D eigenvalue weighted by atomic mass is 9.94. The van der Waals surface area contributed by atoms with Gasteiger partial charge in [0.15, 0.2) is 0 Å². The summed E-state index contributed by atoms with van der Waals surface area (Å²) in [5, 5.41) is 8.61. The van der Waals surface area contributed by atoms with Gasteiger partial charge in [0.1, 0.15) is 11.3 Å². The van der Waals surface area contributed by atoms with Crippen LogP contribution in [0.15, 0.2) is 106 Å². The smallest absolute Gasteiger partial charge is 0.336 e.